The summed E-state index contributed by atoms with van der Waals surface area (Å²) in [6, 6.07) is 0. The minimum Gasteiger partial charge on any atom is -0.405 e. The highest BCUT2D eigenvalue weighted by molar-refractivity contribution is 6.46. The number of nitrogens with two attached hydrogens (primary N) is 1. The number of anilines is 1. The maximum absolute atomic E-state index is 12.3. The Labute approximate surface area is 138 Å². The second-order valence-electron chi connectivity index (χ2n) is 7.05. The first-order chi connectivity index (χ1) is 10.2. The van der Waals surface area contributed by atoms with Crippen LogP contribution in [0.1, 0.15) is 0 Å². The predicted octanol–water partition coefficient (Wildman–Crippen LogP) is -10.3. The second-order valence-corrected chi connectivity index (χ2v) is 7.05. The topological polar surface area (TPSA) is 144 Å². The predicted molar refractivity (Wildman–Crippen MR) is 99.3 cm³/mol. The van der Waals surface area contributed by atoms with Gasteiger partial charge < -0.3 is 25.8 Å². The van der Waals surface area contributed by atoms with E-state index in [0.29, 0.717) is 0 Å². The monoisotopic (exact) mass is 316 g/mol. The molecule has 1 aliphatic rings. The van der Waals surface area contributed by atoms with Gasteiger partial charge in [0.1, 0.15) is 43.1 Å². The molecule has 118 valence electrons. The zero-order valence-electron chi connectivity index (χ0n) is 14.2. The van der Waals surface area contributed by atoms with Gasteiger partial charge in [-0.3, -0.25) is 4.57 Å². The van der Waals surface area contributed by atoms with Crippen molar-refractivity contribution in [1.82, 2.24) is 14.5 Å². The number of aliphatic hydroxyl groups is 3. The minimum absolute atomic E-state index is 0.167. The van der Waals surface area contributed by atoms with Crippen LogP contribution in [0.15, 0.2) is 4.79 Å². The molecule has 5 N–H and O–H groups in total. The van der Waals surface area contributed by atoms with E-state index in [-0.39, 0.29) is 11.7 Å². The quantitative estimate of drug-likeness (QED) is 0.394. The summed E-state index contributed by atoms with van der Waals surface area (Å²) in [7, 11) is 8.66. The molecule has 0 amide bonds. The first-order valence-electron chi connectivity index (χ1n) is 7.25. The van der Waals surface area contributed by atoms with Gasteiger partial charge in [0.2, 0.25) is 5.95 Å². The van der Waals surface area contributed by atoms with E-state index >= 15 is 0 Å². The number of hydrogen-bond acceptors (Lipinski definition) is 8. The molecule has 0 radical (unpaired) electrons. The van der Waals surface area contributed by atoms with Gasteiger partial charge in [0.15, 0.2) is 15.7 Å². The lowest BCUT2D eigenvalue weighted by Gasteiger charge is -2.46. The molecule has 0 bridgehead atoms. The summed E-state index contributed by atoms with van der Waals surface area (Å²) in [4.78, 5) is 19.7. The normalized spacial score (nSPS) is 37.8. The lowest BCUT2D eigenvalue weighted by atomic mass is 9.41. The van der Waals surface area contributed by atoms with Crippen molar-refractivity contribution in [2.45, 2.75) is 28.1 Å². The molecule has 0 spiro atoms. The van der Waals surface area contributed by atoms with Crippen LogP contribution >= 0.6 is 0 Å². The third-order valence-corrected chi connectivity index (χ3v) is 5.03. The van der Waals surface area contributed by atoms with Crippen LogP contribution in [0.3, 0.4) is 0 Å². The molecule has 1 aromatic rings. The molecule has 1 aliphatic heterocycles. The molecule has 1 saturated heterocycles. The van der Waals surface area contributed by atoms with Gasteiger partial charge in [-0.25, -0.2) is 9.78 Å². The van der Waals surface area contributed by atoms with Crippen LogP contribution in [-0.4, -0.2) is 99.4 Å². The SMILES string of the molecule is Bc1nc(N)nc(=O)n1C1(B)OC(B)(C(B)(B)O)C(B)(O)[C@@H]1O. The van der Waals surface area contributed by atoms with Crippen molar-refractivity contribution < 1.29 is 20.1 Å². The summed E-state index contributed by atoms with van der Waals surface area (Å²) in [6.07, 6.45) is -1.53. The number of ether oxygens (including phenoxy) is 1. The van der Waals surface area contributed by atoms with E-state index in [2.05, 4.69) is 9.97 Å². The number of hydrogen-bond donors (Lipinski definition) is 4. The van der Waals surface area contributed by atoms with E-state index in [1.165, 1.54) is 47.1 Å². The summed E-state index contributed by atoms with van der Waals surface area (Å²) in [5.41, 5.74) is -0.261. The molecule has 23 heavy (non-hydrogen) atoms. The summed E-state index contributed by atoms with van der Waals surface area (Å²) < 4.78 is 6.94. The third-order valence-electron chi connectivity index (χ3n) is 5.03. The summed E-state index contributed by atoms with van der Waals surface area (Å²) in [5.74, 6) is -0.197. The Balaban J connectivity index is 2.73. The Morgan fingerprint density at radius 2 is 1.83 bits per heavy atom. The van der Waals surface area contributed by atoms with Crippen molar-refractivity contribution in [1.29, 1.82) is 0 Å². The molecule has 0 aliphatic carbocycles. The standard InChI is InChI=1S/C8H18B6N4O5/c9-2-16-3(15)17-4(20)18(2)6(11)1(19)5(10,21)7(12,23-6)8(13,14)22/h1,19,21-22H,9-14H2,(H2,15,17,20)/t1-,5?,6?,7?/m0/s1. The van der Waals surface area contributed by atoms with Crippen molar-refractivity contribution >= 4 is 58.7 Å². The van der Waals surface area contributed by atoms with Crippen LogP contribution in [-0.2, 0) is 10.4 Å². The van der Waals surface area contributed by atoms with Gasteiger partial charge in [-0.05, 0) is 0 Å². The van der Waals surface area contributed by atoms with Gasteiger partial charge in [-0.15, -0.1) is 0 Å². The van der Waals surface area contributed by atoms with Gasteiger partial charge in [0.05, 0.1) is 16.7 Å². The zero-order valence-corrected chi connectivity index (χ0v) is 14.2. The van der Waals surface area contributed by atoms with Crippen molar-refractivity contribution in [2.24, 2.45) is 0 Å². The van der Waals surface area contributed by atoms with E-state index in [4.69, 9.17) is 10.5 Å². The van der Waals surface area contributed by atoms with E-state index in [1.807, 2.05) is 0 Å². The molecule has 1 aromatic heterocycles. The molecule has 15 heteroatoms. The average molecular weight is 315 g/mol. The second kappa shape index (κ2) is 4.92. The maximum atomic E-state index is 12.3. The van der Waals surface area contributed by atoms with Gasteiger partial charge in [0.25, 0.3) is 0 Å². The van der Waals surface area contributed by atoms with Crippen LogP contribution in [0.2, 0.25) is 0 Å². The molecule has 1 fully saturated rings. The van der Waals surface area contributed by atoms with E-state index in [1.54, 1.807) is 0 Å². The maximum Gasteiger partial charge on any atom is 0.353 e. The lowest BCUT2D eigenvalue weighted by molar-refractivity contribution is -0.130. The molecule has 0 aromatic carbocycles. The number of aromatic nitrogens is 3. The average Bonchev–Trinajstić information content (AvgIpc) is 2.47. The number of nitrogens with zero attached hydrogens (tertiary/aromatic N) is 3. The fraction of sp³-hybridized carbons (Fsp3) is 0.625. The Morgan fingerprint density at radius 3 is 2.22 bits per heavy atom. The zero-order chi connectivity index (χ0) is 18.0. The van der Waals surface area contributed by atoms with Crippen LogP contribution in [0.4, 0.5) is 5.95 Å². The fourth-order valence-corrected chi connectivity index (χ4v) is 3.31. The Hall–Kier alpha value is -1.16. The molecule has 3 unspecified atom stereocenters. The molecule has 9 nitrogen and oxygen atoms in total. The van der Waals surface area contributed by atoms with Crippen molar-refractivity contribution in [2.75, 3.05) is 5.73 Å². The minimum atomic E-state index is -1.85. The van der Waals surface area contributed by atoms with Crippen molar-refractivity contribution in [3.05, 3.63) is 10.5 Å². The smallest absolute Gasteiger partial charge is 0.353 e. The van der Waals surface area contributed by atoms with Crippen molar-refractivity contribution in [3.63, 3.8) is 0 Å². The van der Waals surface area contributed by atoms with Crippen LogP contribution in [0, 0.1) is 0 Å². The number of rotatable bonds is 2. The lowest BCUT2D eigenvalue weighted by Crippen LogP contribution is -2.70. The molecule has 0 saturated carbocycles. The van der Waals surface area contributed by atoms with Gasteiger partial charge in [-0.2, -0.15) is 4.98 Å². The highest BCUT2D eigenvalue weighted by atomic mass is 16.6. The summed E-state index contributed by atoms with van der Waals surface area (Å²) >= 11 is 0. The van der Waals surface area contributed by atoms with Crippen molar-refractivity contribution in [3.8, 4) is 0 Å². The van der Waals surface area contributed by atoms with E-state index < -0.39 is 33.8 Å². The molecule has 4 atom stereocenters. The van der Waals surface area contributed by atoms with Crippen LogP contribution < -0.4 is 17.1 Å². The Kier molecular flexibility index (Phi) is 3.89. The largest absolute Gasteiger partial charge is 0.405 e. The van der Waals surface area contributed by atoms with Gasteiger partial charge in [0, 0.05) is 5.40 Å². The van der Waals surface area contributed by atoms with Gasteiger partial charge >= 0.3 is 5.69 Å². The molecular weight excluding hydrogens is 297 g/mol. The first-order valence-corrected chi connectivity index (χ1v) is 7.25. The van der Waals surface area contributed by atoms with Gasteiger partial charge in [-0.1, -0.05) is 0 Å². The highest BCUT2D eigenvalue weighted by Crippen LogP contribution is 2.46. The Morgan fingerprint density at radius 1 is 1.30 bits per heavy atom. The Bertz CT molecular complexity index is 709. The molecule has 2 rings (SSSR count). The first kappa shape index (κ1) is 18.2. The van der Waals surface area contributed by atoms with E-state index in [9.17, 15) is 20.1 Å². The fourth-order valence-electron chi connectivity index (χ4n) is 3.31. The summed E-state index contributed by atoms with van der Waals surface area (Å²) in [5, 5.41) is 30.5. The van der Waals surface area contributed by atoms with E-state index in [0.717, 1.165) is 4.57 Å². The summed E-state index contributed by atoms with van der Waals surface area (Å²) in [6.45, 7) is 0. The molecule has 2 heterocycles. The number of aliphatic hydroxyl groups excluding tert-OH is 1. The van der Waals surface area contributed by atoms with Crippen LogP contribution in [0.5, 0.6) is 0 Å². The molecular formula is C8H18B6N4O5. The third kappa shape index (κ3) is 2.29. The highest BCUT2D eigenvalue weighted by Gasteiger charge is 2.69. The number of nitrogen functional groups attached to an aromatic ring is 1. The van der Waals surface area contributed by atoms with Crippen LogP contribution in [0.25, 0.3) is 0 Å².